The number of hydrogen-bond donors (Lipinski definition) is 4. The Labute approximate surface area is 198 Å². The second-order valence-electron chi connectivity index (χ2n) is 8.47. The van der Waals surface area contributed by atoms with Crippen LogP contribution >= 0.6 is 34.4 Å². The number of anilines is 1. The second kappa shape index (κ2) is 8.18. The van der Waals surface area contributed by atoms with E-state index in [2.05, 4.69) is 43.4 Å². The summed E-state index contributed by atoms with van der Waals surface area (Å²) in [5.74, 6) is 0.722. The molecule has 0 aromatic heterocycles. The van der Waals surface area contributed by atoms with Gasteiger partial charge in [-0.25, -0.2) is 0 Å². The van der Waals surface area contributed by atoms with E-state index in [9.17, 15) is 14.4 Å². The molecule has 9 nitrogen and oxygen atoms in total. The highest BCUT2D eigenvalue weighted by Gasteiger charge is 2.43. The molecule has 4 heterocycles. The first kappa shape index (κ1) is 21.4. The fraction of sp³-hybridized carbons (Fsp3) is 0.550. The van der Waals surface area contributed by atoms with Gasteiger partial charge in [0.05, 0.1) is 17.2 Å². The number of thioether (sulfide) groups is 1. The summed E-state index contributed by atoms with van der Waals surface area (Å²) in [6, 6.07) is 3.14. The number of fused-ring (bicyclic) bond motifs is 2. The van der Waals surface area contributed by atoms with Gasteiger partial charge in [0.25, 0.3) is 5.91 Å². The Kier molecular flexibility index (Phi) is 5.65. The summed E-state index contributed by atoms with van der Waals surface area (Å²) in [6.45, 7) is 0.363. The molecule has 5 atom stereocenters. The van der Waals surface area contributed by atoms with Crippen LogP contribution in [0.3, 0.4) is 0 Å². The van der Waals surface area contributed by atoms with Gasteiger partial charge in [0.2, 0.25) is 11.8 Å². The third kappa shape index (κ3) is 3.63. The molecule has 3 amide bonds. The minimum absolute atomic E-state index is 0.0181. The molecule has 31 heavy (non-hydrogen) atoms. The summed E-state index contributed by atoms with van der Waals surface area (Å²) in [5.41, 5.74) is 8.95. The van der Waals surface area contributed by atoms with Gasteiger partial charge < -0.3 is 16.0 Å². The van der Waals surface area contributed by atoms with Crippen molar-refractivity contribution in [2.24, 2.45) is 11.7 Å². The molecule has 3 saturated heterocycles. The van der Waals surface area contributed by atoms with E-state index in [1.54, 1.807) is 4.90 Å². The lowest BCUT2D eigenvalue weighted by atomic mass is 10.00. The summed E-state index contributed by atoms with van der Waals surface area (Å²) in [6.07, 6.45) is 1.60. The van der Waals surface area contributed by atoms with Crippen molar-refractivity contribution in [3.8, 4) is 0 Å². The Bertz CT molecular complexity index is 961. The number of imide groups is 1. The zero-order valence-corrected chi connectivity index (χ0v) is 20.0. The molecule has 0 aliphatic carbocycles. The first-order chi connectivity index (χ1) is 14.8. The van der Waals surface area contributed by atoms with Crippen molar-refractivity contribution in [2.45, 2.75) is 49.7 Å². The maximum atomic E-state index is 13.0. The van der Waals surface area contributed by atoms with Crippen LogP contribution in [0.5, 0.6) is 0 Å². The summed E-state index contributed by atoms with van der Waals surface area (Å²) in [7, 11) is 2.02. The first-order valence-corrected chi connectivity index (χ1v) is 12.6. The number of nitrogens with one attached hydrogen (secondary N) is 3. The van der Waals surface area contributed by atoms with Crippen molar-refractivity contribution in [1.82, 2.24) is 20.4 Å². The molecule has 5 N–H and O–H groups in total. The quantitative estimate of drug-likeness (QED) is 0.317. The topological polar surface area (TPSA) is 120 Å². The molecule has 5 rings (SSSR count). The van der Waals surface area contributed by atoms with E-state index in [0.29, 0.717) is 29.8 Å². The van der Waals surface area contributed by atoms with E-state index in [1.807, 2.05) is 30.9 Å². The number of halogens is 1. The molecule has 166 valence electrons. The van der Waals surface area contributed by atoms with E-state index < -0.39 is 11.9 Å². The van der Waals surface area contributed by atoms with Crippen molar-refractivity contribution in [3.63, 3.8) is 0 Å². The number of hydrogen-bond acceptors (Lipinski definition) is 8. The van der Waals surface area contributed by atoms with E-state index in [4.69, 9.17) is 5.73 Å². The van der Waals surface area contributed by atoms with Crippen LogP contribution in [0.1, 0.15) is 35.2 Å². The fourth-order valence-corrected chi connectivity index (χ4v) is 7.11. The SMILES string of the molecule is CN1C(Nc2ccc3c(c2I)CN(C2CCC(=O)NC2=O)C3=O)NC2SCCC2C1N. The molecular formula is C20H25IN6O3S. The van der Waals surface area contributed by atoms with Crippen molar-refractivity contribution >= 4 is 57.8 Å². The molecule has 3 fully saturated rings. The monoisotopic (exact) mass is 556 g/mol. The molecule has 0 radical (unpaired) electrons. The average molecular weight is 556 g/mol. The van der Waals surface area contributed by atoms with Gasteiger partial charge in [-0.1, -0.05) is 0 Å². The first-order valence-electron chi connectivity index (χ1n) is 10.4. The van der Waals surface area contributed by atoms with Crippen molar-refractivity contribution in [2.75, 3.05) is 18.1 Å². The Morgan fingerprint density at radius 3 is 2.84 bits per heavy atom. The van der Waals surface area contributed by atoms with Gasteiger partial charge in [0, 0.05) is 28.0 Å². The van der Waals surface area contributed by atoms with Gasteiger partial charge >= 0.3 is 0 Å². The summed E-state index contributed by atoms with van der Waals surface area (Å²) in [5, 5.41) is 9.89. The maximum absolute atomic E-state index is 13.0. The van der Waals surface area contributed by atoms with Gasteiger partial charge in [0.15, 0.2) is 0 Å². The maximum Gasteiger partial charge on any atom is 0.255 e. The molecule has 0 saturated carbocycles. The van der Waals surface area contributed by atoms with E-state index in [0.717, 1.165) is 27.0 Å². The third-order valence-electron chi connectivity index (χ3n) is 6.72. The lowest BCUT2D eigenvalue weighted by Gasteiger charge is -2.45. The van der Waals surface area contributed by atoms with Crippen molar-refractivity contribution < 1.29 is 14.4 Å². The normalized spacial score (nSPS) is 33.3. The van der Waals surface area contributed by atoms with Crippen LogP contribution < -0.4 is 21.7 Å². The second-order valence-corrected chi connectivity index (χ2v) is 10.8. The van der Waals surface area contributed by atoms with Crippen LogP contribution in [0.15, 0.2) is 12.1 Å². The lowest BCUT2D eigenvalue weighted by molar-refractivity contribution is -0.136. The van der Waals surface area contributed by atoms with Crippen LogP contribution in [0.2, 0.25) is 0 Å². The zero-order valence-electron chi connectivity index (χ0n) is 17.1. The molecule has 1 aromatic rings. The van der Waals surface area contributed by atoms with E-state index in [1.165, 1.54) is 0 Å². The molecule has 4 aliphatic rings. The number of carbonyl (C=O) groups is 3. The van der Waals surface area contributed by atoms with Crippen LogP contribution in [-0.4, -0.2) is 64.2 Å². The van der Waals surface area contributed by atoms with Crippen molar-refractivity contribution in [1.29, 1.82) is 0 Å². The number of benzene rings is 1. The van der Waals surface area contributed by atoms with E-state index >= 15 is 0 Å². The van der Waals surface area contributed by atoms with Crippen LogP contribution in [-0.2, 0) is 16.1 Å². The summed E-state index contributed by atoms with van der Waals surface area (Å²) >= 11 is 4.18. The highest BCUT2D eigenvalue weighted by Crippen LogP contribution is 2.38. The smallest absolute Gasteiger partial charge is 0.255 e. The molecule has 1 aromatic carbocycles. The van der Waals surface area contributed by atoms with Gasteiger partial charge in [-0.3, -0.25) is 29.9 Å². The number of nitrogens with zero attached hydrogens (tertiary/aromatic N) is 2. The molecule has 4 aliphatic heterocycles. The van der Waals surface area contributed by atoms with Crippen LogP contribution in [0.4, 0.5) is 5.69 Å². The highest BCUT2D eigenvalue weighted by molar-refractivity contribution is 14.1. The number of nitrogens with two attached hydrogens (primary N) is 1. The van der Waals surface area contributed by atoms with E-state index in [-0.39, 0.29) is 30.7 Å². The Hall–Kier alpha value is -1.41. The summed E-state index contributed by atoms with van der Waals surface area (Å²) in [4.78, 5) is 40.5. The third-order valence-corrected chi connectivity index (χ3v) is 9.27. The standard InChI is InChI=1S/C20H25IN6O3S/c1-26-16(22)10-6-7-31-18(10)25-20(26)23-12-3-2-9-11(15(12)21)8-27(19(9)30)13-4-5-14(28)24-17(13)29/h2-3,10,13,16,18,20,23,25H,4-8,22H2,1H3,(H,24,28,29). The largest absolute Gasteiger partial charge is 0.357 e. The number of amides is 3. The lowest BCUT2D eigenvalue weighted by Crippen LogP contribution is -2.66. The number of rotatable bonds is 3. The number of carbonyl (C=O) groups excluding carboxylic acids is 3. The van der Waals surface area contributed by atoms with Gasteiger partial charge in [-0.2, -0.15) is 0 Å². The minimum atomic E-state index is -0.606. The van der Waals surface area contributed by atoms with Crippen LogP contribution in [0, 0.1) is 9.49 Å². The fourth-order valence-electron chi connectivity index (χ4n) is 4.88. The predicted octanol–water partition coefficient (Wildman–Crippen LogP) is 0.647. The van der Waals surface area contributed by atoms with Crippen molar-refractivity contribution in [3.05, 3.63) is 26.8 Å². The summed E-state index contributed by atoms with van der Waals surface area (Å²) < 4.78 is 0.961. The molecule has 0 spiro atoms. The van der Waals surface area contributed by atoms with Gasteiger partial charge in [0.1, 0.15) is 12.3 Å². The molecule has 0 bridgehead atoms. The molecular weight excluding hydrogens is 531 g/mol. The number of piperidine rings is 1. The van der Waals surface area contributed by atoms with Gasteiger partial charge in [-0.05, 0) is 65.9 Å². The Morgan fingerprint density at radius 1 is 1.26 bits per heavy atom. The van der Waals surface area contributed by atoms with Crippen LogP contribution in [0.25, 0.3) is 0 Å². The minimum Gasteiger partial charge on any atom is -0.357 e. The highest BCUT2D eigenvalue weighted by atomic mass is 127. The van der Waals surface area contributed by atoms with Gasteiger partial charge in [-0.15, -0.1) is 11.8 Å². The molecule has 5 unspecified atom stereocenters. The Balaban J connectivity index is 1.36. The zero-order chi connectivity index (χ0) is 21.9. The average Bonchev–Trinajstić information content (AvgIpc) is 3.33. The Morgan fingerprint density at radius 2 is 2.06 bits per heavy atom. The predicted molar refractivity (Wildman–Crippen MR) is 126 cm³/mol. The molecule has 11 heteroatoms.